The molecule has 0 aliphatic rings. The van der Waals surface area contributed by atoms with Crippen LogP contribution >= 0.6 is 7.81 Å². The predicted molar refractivity (Wildman–Crippen MR) is 28.6 cm³/mol. The van der Waals surface area contributed by atoms with Crippen molar-refractivity contribution in [3.05, 3.63) is 12.7 Å². The van der Waals surface area contributed by atoms with Gasteiger partial charge in [0.1, 0.15) is 0 Å². The molecule has 0 aliphatic carbocycles. The Kier molecular flexibility index (Phi) is 3.69. The molecule has 0 aromatic rings. The molecule has 0 rings (SSSR count). The van der Waals surface area contributed by atoms with Gasteiger partial charge in [0.25, 0.3) is 0 Å². The second-order valence-electron chi connectivity index (χ2n) is 1.38. The number of hydrogen-bond donors (Lipinski definition) is 0. The molecule has 0 amide bonds. The molecule has 0 saturated heterocycles. The van der Waals surface area contributed by atoms with E-state index in [1.165, 1.54) is 0 Å². The Morgan fingerprint density at radius 1 is 1.09 bits per heavy atom. The van der Waals surface area contributed by atoms with E-state index in [0.717, 1.165) is 0 Å². The molecule has 0 atom stereocenters. The van der Waals surface area contributed by atoms with Crippen molar-refractivity contribution in [2.24, 2.45) is 0 Å². The van der Waals surface area contributed by atoms with Crippen LogP contribution in [0, 0.1) is 0 Å². The van der Waals surface area contributed by atoms with Crippen molar-refractivity contribution in [2.45, 2.75) is 5.39 Å². The van der Waals surface area contributed by atoms with Crippen molar-refractivity contribution >= 4 is 7.81 Å². The van der Waals surface area contributed by atoms with Crippen molar-refractivity contribution < 1.29 is 40.6 Å². The quantitative estimate of drug-likeness (QED) is 0.275. The van der Waals surface area contributed by atoms with Gasteiger partial charge in [-0.15, -0.1) is 0 Å². The van der Waals surface area contributed by atoms with Crippen LogP contribution < -0.4 is 0 Å². The molecule has 0 heterocycles. The van der Waals surface area contributed by atoms with Gasteiger partial charge in [-0.2, -0.15) is 0 Å². The molecule has 0 unspecified atom stereocenters. The summed E-state index contributed by atoms with van der Waals surface area (Å²) in [7, 11) is -10.7. The van der Waals surface area contributed by atoms with Crippen molar-refractivity contribution in [3.8, 4) is 0 Å². The summed E-state index contributed by atoms with van der Waals surface area (Å²) in [6, 6.07) is 0. The zero-order valence-corrected chi connectivity index (χ0v) is 6.90. The first-order valence-corrected chi connectivity index (χ1v) is 4.78. The molecular weight excluding hydrogens is 240 g/mol. The minimum atomic E-state index is -10.7. The minimum absolute atomic E-state index is 0.708. The third-order valence-electron chi connectivity index (χ3n) is 0.0913. The van der Waals surface area contributed by atoms with Gasteiger partial charge in [-0.25, -0.2) is 0 Å². The number of halogens is 6. The van der Waals surface area contributed by atoms with Crippen LogP contribution in [0.2, 0.25) is 5.39 Å². The SMILES string of the molecule is C=C[CH2][Ni+].F[P-](F)(F)(F)(F)F. The van der Waals surface area contributed by atoms with E-state index in [-0.39, 0.29) is 0 Å². The van der Waals surface area contributed by atoms with Crippen molar-refractivity contribution in [3.63, 3.8) is 0 Å². The van der Waals surface area contributed by atoms with E-state index >= 15 is 0 Å². The average Bonchev–Trinajstić information content (AvgIpc) is 1.57. The van der Waals surface area contributed by atoms with E-state index in [4.69, 9.17) is 0 Å². The van der Waals surface area contributed by atoms with Crippen LogP contribution in [0.1, 0.15) is 0 Å². The average molecular weight is 245 g/mol. The fraction of sp³-hybridized carbons (Fsp3) is 0.333. The van der Waals surface area contributed by atoms with E-state index in [0.29, 0.717) is 5.39 Å². The van der Waals surface area contributed by atoms with E-state index in [1.54, 1.807) is 6.08 Å². The summed E-state index contributed by atoms with van der Waals surface area (Å²) in [5.74, 6) is 0. The molecule has 0 fully saturated rings. The summed E-state index contributed by atoms with van der Waals surface area (Å²) in [6.45, 7) is 3.39. The standard InChI is InChI=1S/C3H5.F6P.Ni/c1-3-2;1-7(2,3,4,5)6;/h3H,1-2H2;;/q;-1;+1. The molecule has 0 aromatic heterocycles. The van der Waals surface area contributed by atoms with Crippen LogP contribution in [0.5, 0.6) is 0 Å². The number of hydrogen-bond acceptors (Lipinski definition) is 0. The maximum absolute atomic E-state index is 10.7. The van der Waals surface area contributed by atoms with Gasteiger partial charge in [0.15, 0.2) is 0 Å². The fourth-order valence-electron chi connectivity index (χ4n) is 0. The topological polar surface area (TPSA) is 0 Å². The van der Waals surface area contributed by atoms with Crippen LogP contribution in [-0.2, 0) is 15.5 Å². The van der Waals surface area contributed by atoms with Crippen LogP contribution in [0.15, 0.2) is 12.7 Å². The van der Waals surface area contributed by atoms with Gasteiger partial charge in [0.2, 0.25) is 0 Å². The Morgan fingerprint density at radius 2 is 1.18 bits per heavy atom. The monoisotopic (exact) mass is 244 g/mol. The van der Waals surface area contributed by atoms with Gasteiger partial charge in [-0.1, -0.05) is 0 Å². The summed E-state index contributed by atoms with van der Waals surface area (Å²) < 4.78 is 59.2. The summed E-state index contributed by atoms with van der Waals surface area (Å²) in [6.07, 6.45) is 1.71. The zero-order chi connectivity index (χ0) is 9.82. The molecule has 0 aliphatic heterocycles. The third kappa shape index (κ3) is 450. The molecule has 0 N–H and O–H groups in total. The van der Waals surface area contributed by atoms with E-state index in [9.17, 15) is 25.2 Å². The van der Waals surface area contributed by atoms with Crippen LogP contribution in [-0.4, -0.2) is 0 Å². The molecule has 0 saturated carbocycles. The molecular formula is C3H5F6NiP. The second-order valence-corrected chi connectivity index (χ2v) is 3.70. The Morgan fingerprint density at radius 3 is 1.18 bits per heavy atom. The van der Waals surface area contributed by atoms with E-state index < -0.39 is 7.81 Å². The van der Waals surface area contributed by atoms with Crippen molar-refractivity contribution in [1.29, 1.82) is 0 Å². The van der Waals surface area contributed by atoms with Gasteiger partial charge in [0, 0.05) is 0 Å². The third-order valence-corrected chi connectivity index (χ3v) is 0.376. The van der Waals surface area contributed by atoms with Crippen molar-refractivity contribution in [2.75, 3.05) is 0 Å². The van der Waals surface area contributed by atoms with Crippen molar-refractivity contribution in [1.82, 2.24) is 0 Å². The number of allylic oxidation sites excluding steroid dienone is 1. The molecule has 11 heavy (non-hydrogen) atoms. The van der Waals surface area contributed by atoms with Gasteiger partial charge in [-0.3, -0.25) is 0 Å². The summed E-state index contributed by atoms with van der Waals surface area (Å²) >= 11 is 4.20. The molecule has 0 radical (unpaired) electrons. The van der Waals surface area contributed by atoms with Gasteiger partial charge >= 0.3 is 66.5 Å². The van der Waals surface area contributed by atoms with Gasteiger partial charge in [-0.05, 0) is 0 Å². The fourth-order valence-corrected chi connectivity index (χ4v) is 0. The molecule has 0 aromatic carbocycles. The summed E-state index contributed by atoms with van der Waals surface area (Å²) in [4.78, 5) is 0. The molecule has 8 heteroatoms. The first-order chi connectivity index (χ1) is 4.36. The van der Waals surface area contributed by atoms with Gasteiger partial charge < -0.3 is 0 Å². The van der Waals surface area contributed by atoms with E-state index in [1.807, 2.05) is 0 Å². The Bertz CT molecular complexity index is 119. The second kappa shape index (κ2) is 2.94. The first-order valence-electron chi connectivity index (χ1n) is 2.05. The maximum atomic E-state index is 9.87. The van der Waals surface area contributed by atoms with Crippen LogP contribution in [0.25, 0.3) is 0 Å². The van der Waals surface area contributed by atoms with Crippen LogP contribution in [0.4, 0.5) is 25.2 Å². The number of rotatable bonds is 1. The zero-order valence-electron chi connectivity index (χ0n) is 5.02. The molecule has 0 bridgehead atoms. The molecule has 0 spiro atoms. The Hall–Kier alpha value is 0.244. The normalized spacial score (nSPS) is 17.1. The predicted octanol–water partition coefficient (Wildman–Crippen LogP) is 4.52. The van der Waals surface area contributed by atoms with Gasteiger partial charge in [0.05, 0.1) is 0 Å². The summed E-state index contributed by atoms with van der Waals surface area (Å²) in [5, 5.41) is 0.708. The Balaban J connectivity index is 0. The van der Waals surface area contributed by atoms with E-state index in [2.05, 4.69) is 22.0 Å². The first kappa shape index (κ1) is 13.8. The Labute approximate surface area is 67.3 Å². The molecule has 74 valence electrons. The molecule has 0 nitrogen and oxygen atoms in total. The van der Waals surface area contributed by atoms with Crippen LogP contribution in [0.3, 0.4) is 0 Å². The summed E-state index contributed by atoms with van der Waals surface area (Å²) in [5.41, 5.74) is 0.